The van der Waals surface area contributed by atoms with Crippen molar-refractivity contribution < 1.29 is 0 Å². The number of benzene rings is 8. The zero-order chi connectivity index (χ0) is 52.1. The molecule has 74 heavy (non-hydrogen) atoms. The van der Waals surface area contributed by atoms with E-state index in [1.807, 2.05) is 0 Å². The highest BCUT2D eigenvalue weighted by Crippen LogP contribution is 2.67. The van der Waals surface area contributed by atoms with Crippen LogP contribution in [-0.4, -0.2) is 6.71 Å². The summed E-state index contributed by atoms with van der Waals surface area (Å²) in [5, 5.41) is 0. The van der Waals surface area contributed by atoms with E-state index in [1.54, 1.807) is 0 Å². The summed E-state index contributed by atoms with van der Waals surface area (Å²) in [4.78, 5) is 7.95. The highest BCUT2D eigenvalue weighted by atomic mass is 15.3. The Kier molecular flexibility index (Phi) is 10.7. The van der Waals surface area contributed by atoms with Gasteiger partial charge in [0.05, 0.1) is 11.0 Å². The van der Waals surface area contributed by atoms with Gasteiger partial charge in [0, 0.05) is 45.5 Å². The second-order valence-electron chi connectivity index (χ2n) is 26.5. The largest absolute Gasteiger partial charge is 0.330 e. The van der Waals surface area contributed by atoms with Gasteiger partial charge in [0.1, 0.15) is 0 Å². The van der Waals surface area contributed by atoms with Crippen LogP contribution in [0.1, 0.15) is 147 Å². The Morgan fingerprint density at radius 2 is 0.919 bits per heavy atom. The van der Waals surface area contributed by atoms with Crippen LogP contribution in [-0.2, 0) is 39.0 Å². The van der Waals surface area contributed by atoms with Gasteiger partial charge in [-0.2, -0.15) is 0 Å². The Morgan fingerprint density at radius 1 is 0.419 bits per heavy atom. The number of nitrogens with zero attached hydrogens (tertiary/aromatic N) is 3. The molecule has 2 atom stereocenters. The third-order valence-corrected chi connectivity index (χ3v) is 17.7. The molecule has 0 amide bonds. The molecule has 0 fully saturated rings. The average molecular weight is 968 g/mol. The first-order valence-corrected chi connectivity index (χ1v) is 27.3. The molecule has 0 aromatic heterocycles. The van der Waals surface area contributed by atoms with Crippen LogP contribution in [0.4, 0.5) is 45.5 Å². The monoisotopic (exact) mass is 968 g/mol. The van der Waals surface area contributed by atoms with Crippen molar-refractivity contribution >= 4 is 68.6 Å². The lowest BCUT2D eigenvalue weighted by Gasteiger charge is -2.53. The Balaban J connectivity index is 1.16. The molecule has 0 bridgehead atoms. The molecule has 4 aliphatic rings. The topological polar surface area (TPSA) is 9.72 Å². The Labute approximate surface area is 443 Å². The minimum Gasteiger partial charge on any atom is -0.330 e. The zero-order valence-corrected chi connectivity index (χ0v) is 46.5. The number of rotatable bonds is 4. The van der Waals surface area contributed by atoms with Crippen molar-refractivity contribution in [1.82, 2.24) is 0 Å². The number of aryl methyl sites for hydroxylation is 2. The first-order chi connectivity index (χ1) is 35.0. The van der Waals surface area contributed by atoms with E-state index in [0.29, 0.717) is 0 Å². The van der Waals surface area contributed by atoms with Crippen molar-refractivity contribution in [3.8, 4) is 0 Å². The zero-order valence-electron chi connectivity index (χ0n) is 46.5. The van der Waals surface area contributed by atoms with E-state index in [2.05, 4.69) is 281 Å². The Bertz CT molecular complexity index is 3520. The maximum Gasteiger partial charge on any atom is 0.252 e. The fourth-order valence-electron chi connectivity index (χ4n) is 13.7. The van der Waals surface area contributed by atoms with Crippen LogP contribution >= 0.6 is 0 Å². The first-order valence-electron chi connectivity index (χ1n) is 27.3. The van der Waals surface area contributed by atoms with E-state index in [-0.39, 0.29) is 33.8 Å². The Morgan fingerprint density at radius 3 is 1.50 bits per heavy atom. The molecule has 3 aliphatic heterocycles. The van der Waals surface area contributed by atoms with Gasteiger partial charge >= 0.3 is 0 Å². The normalized spacial score (nSPS) is 18.8. The van der Waals surface area contributed by atoms with Crippen LogP contribution in [0, 0.1) is 6.92 Å². The van der Waals surface area contributed by atoms with Crippen molar-refractivity contribution in [2.45, 2.75) is 142 Å². The maximum atomic E-state index is 2.77. The van der Waals surface area contributed by atoms with Gasteiger partial charge in [-0.25, -0.2) is 0 Å². The average Bonchev–Trinajstić information content (AvgIpc) is 3.61. The van der Waals surface area contributed by atoms with Gasteiger partial charge in [0.15, 0.2) is 0 Å². The van der Waals surface area contributed by atoms with Gasteiger partial charge in [-0.15, -0.1) is 0 Å². The molecule has 0 radical (unpaired) electrons. The van der Waals surface area contributed by atoms with E-state index in [1.165, 1.54) is 112 Å². The van der Waals surface area contributed by atoms with Crippen molar-refractivity contribution in [2.75, 3.05) is 14.7 Å². The number of anilines is 8. The van der Waals surface area contributed by atoms with E-state index >= 15 is 0 Å². The molecule has 3 nitrogen and oxygen atoms in total. The SMILES string of the molecule is Cc1cc2c3c(c1)N(c1ccc(C(C)(C)C)cc1)c1cc(N4c5ccc(C(C)(C)C)cc5C5(c6ccccc6)CCc6ccccc6C45C)ccc1B3c1cc(C(C)(C)C)ccc1N2c1ccc(C(C)(C)C)cc1. The quantitative estimate of drug-likeness (QED) is 0.163. The number of hydrogen-bond acceptors (Lipinski definition) is 3. The van der Waals surface area contributed by atoms with Gasteiger partial charge in [0.2, 0.25) is 0 Å². The van der Waals surface area contributed by atoms with Crippen LogP contribution in [0.3, 0.4) is 0 Å². The van der Waals surface area contributed by atoms with E-state index in [0.717, 1.165) is 12.8 Å². The smallest absolute Gasteiger partial charge is 0.252 e. The standard InChI is InChI=1S/C70H74BN3/c1-45-40-62-64-63(41-45)73(53-32-26-48(27-33-53)66(5,6)7)61-44-54(34-35-57(61)71(64)58-43-51(68(11,12)13)29-37-60(58)72(62)52-30-24-47(25-31-52)65(2,3)4)74-59-36-28-50(67(8,9)10)42-56(59)70(49-21-16-15-17-22-49)39-38-46-20-18-19-23-55(46)69(70,74)14/h15-37,40-44H,38-39H2,1-14H3. The molecular formula is C70H74BN3. The van der Waals surface area contributed by atoms with Crippen LogP contribution in [0.15, 0.2) is 170 Å². The fraction of sp³-hybridized carbons (Fsp3) is 0.314. The van der Waals surface area contributed by atoms with E-state index in [9.17, 15) is 0 Å². The molecule has 372 valence electrons. The van der Waals surface area contributed by atoms with Crippen molar-refractivity contribution in [3.05, 3.63) is 220 Å². The van der Waals surface area contributed by atoms with Gasteiger partial charge in [0.25, 0.3) is 6.71 Å². The number of fused-ring (bicyclic) bond motifs is 9. The van der Waals surface area contributed by atoms with Crippen LogP contribution in [0.25, 0.3) is 0 Å². The molecule has 0 saturated carbocycles. The lowest BCUT2D eigenvalue weighted by Crippen LogP contribution is -2.61. The van der Waals surface area contributed by atoms with Gasteiger partial charge in [-0.05, 0) is 175 Å². The second kappa shape index (κ2) is 16.4. The van der Waals surface area contributed by atoms with Crippen LogP contribution in [0.5, 0.6) is 0 Å². The van der Waals surface area contributed by atoms with Gasteiger partial charge in [-0.3, -0.25) is 0 Å². The molecule has 0 spiro atoms. The molecule has 1 aliphatic carbocycles. The predicted molar refractivity (Wildman–Crippen MR) is 318 cm³/mol. The third-order valence-electron chi connectivity index (χ3n) is 17.7. The molecule has 8 aromatic carbocycles. The second-order valence-corrected chi connectivity index (χ2v) is 26.5. The molecule has 4 heteroatoms. The van der Waals surface area contributed by atoms with Gasteiger partial charge < -0.3 is 14.7 Å². The first kappa shape index (κ1) is 48.2. The summed E-state index contributed by atoms with van der Waals surface area (Å²) in [7, 11) is 0. The van der Waals surface area contributed by atoms with Gasteiger partial charge in [-0.1, -0.05) is 192 Å². The van der Waals surface area contributed by atoms with Crippen molar-refractivity contribution in [1.29, 1.82) is 0 Å². The van der Waals surface area contributed by atoms with E-state index in [4.69, 9.17) is 0 Å². The highest BCUT2D eigenvalue weighted by Gasteiger charge is 2.63. The summed E-state index contributed by atoms with van der Waals surface area (Å²) in [6, 6.07) is 67.0. The summed E-state index contributed by atoms with van der Waals surface area (Å²) in [6.45, 7) is 32.8. The molecule has 2 unspecified atom stereocenters. The summed E-state index contributed by atoms with van der Waals surface area (Å²) in [5.74, 6) is 0. The summed E-state index contributed by atoms with van der Waals surface area (Å²) in [6.07, 6.45) is 2.03. The highest BCUT2D eigenvalue weighted by molar-refractivity contribution is 7.00. The lowest BCUT2D eigenvalue weighted by molar-refractivity contribution is 0.270. The summed E-state index contributed by atoms with van der Waals surface area (Å²) in [5.41, 5.74) is 25.3. The molecule has 8 aromatic rings. The molecule has 0 N–H and O–H groups in total. The predicted octanol–water partition coefficient (Wildman–Crippen LogP) is 16.6. The molecule has 0 saturated heterocycles. The lowest BCUT2D eigenvalue weighted by atomic mass is 9.33. The van der Waals surface area contributed by atoms with Crippen molar-refractivity contribution in [2.24, 2.45) is 0 Å². The Hall–Kier alpha value is -6.78. The van der Waals surface area contributed by atoms with Crippen LogP contribution < -0.4 is 31.1 Å². The third kappa shape index (κ3) is 7.13. The molecule has 12 rings (SSSR count). The fourth-order valence-corrected chi connectivity index (χ4v) is 13.7. The minimum atomic E-state index is -0.464. The van der Waals surface area contributed by atoms with Crippen LogP contribution in [0.2, 0.25) is 0 Å². The van der Waals surface area contributed by atoms with Crippen molar-refractivity contribution in [3.63, 3.8) is 0 Å². The minimum absolute atomic E-state index is 0.00763. The molecule has 3 heterocycles. The maximum absolute atomic E-state index is 2.77. The number of hydrogen-bond donors (Lipinski definition) is 0. The molecular weight excluding hydrogens is 894 g/mol. The summed E-state index contributed by atoms with van der Waals surface area (Å²) >= 11 is 0. The summed E-state index contributed by atoms with van der Waals surface area (Å²) < 4.78 is 0. The van der Waals surface area contributed by atoms with E-state index < -0.39 is 5.54 Å².